The second-order valence-corrected chi connectivity index (χ2v) is 5.71. The van der Waals surface area contributed by atoms with Crippen LogP contribution in [0.1, 0.15) is 0 Å². The minimum absolute atomic E-state index is 0.0579. The first-order valence-electron chi connectivity index (χ1n) is 7.19. The summed E-state index contributed by atoms with van der Waals surface area (Å²) in [5, 5.41) is 4.58. The number of aromatic nitrogens is 2. The van der Waals surface area contributed by atoms with Gasteiger partial charge in [0.25, 0.3) is 0 Å². The van der Waals surface area contributed by atoms with Crippen molar-refractivity contribution in [2.45, 2.75) is 0 Å². The topological polar surface area (TPSA) is 64.9 Å². The number of pyridine rings is 1. The number of hydrogen-bond acceptors (Lipinski definition) is 4. The third-order valence-electron chi connectivity index (χ3n) is 3.81. The number of nitrogens with two attached hydrogens (primary N) is 1. The van der Waals surface area contributed by atoms with Crippen molar-refractivity contribution in [2.75, 3.05) is 5.73 Å². The number of nitrogens with zero attached hydrogens (tertiary/aromatic N) is 2. The van der Waals surface area contributed by atoms with E-state index in [2.05, 4.69) is 10.1 Å². The first-order valence-corrected chi connectivity index (χ1v) is 7.57. The maximum Gasteiger partial charge on any atom is 0.174 e. The molecule has 2 aromatic heterocycles. The molecule has 2 aromatic carbocycles. The van der Waals surface area contributed by atoms with E-state index in [9.17, 15) is 4.39 Å². The molecule has 0 saturated carbocycles. The fourth-order valence-corrected chi connectivity index (χ4v) is 2.82. The van der Waals surface area contributed by atoms with Crippen LogP contribution in [-0.4, -0.2) is 10.1 Å². The molecule has 0 atom stereocenters. The van der Waals surface area contributed by atoms with E-state index in [-0.39, 0.29) is 5.02 Å². The zero-order chi connectivity index (χ0) is 16.7. The molecule has 4 nitrogen and oxygen atoms in total. The van der Waals surface area contributed by atoms with Gasteiger partial charge in [-0.05, 0) is 42.0 Å². The molecule has 0 radical (unpaired) electrons. The highest BCUT2D eigenvalue weighted by Crippen LogP contribution is 2.34. The molecule has 2 N–H and O–H groups in total. The minimum Gasteiger partial charge on any atom is -0.380 e. The normalized spacial score (nSPS) is 11.1. The van der Waals surface area contributed by atoms with Crippen molar-refractivity contribution in [3.8, 4) is 22.4 Å². The molecule has 0 bridgehead atoms. The van der Waals surface area contributed by atoms with Crippen LogP contribution in [0.3, 0.4) is 0 Å². The van der Waals surface area contributed by atoms with Crippen LogP contribution < -0.4 is 5.73 Å². The van der Waals surface area contributed by atoms with E-state index in [1.807, 2.05) is 30.3 Å². The van der Waals surface area contributed by atoms with Crippen LogP contribution in [0.15, 0.2) is 59.3 Å². The SMILES string of the molecule is Nc1noc2cc(-c3cccnc3-c3ccc(F)c(Cl)c3)ccc12. The summed E-state index contributed by atoms with van der Waals surface area (Å²) < 4.78 is 18.7. The first kappa shape index (κ1) is 14.7. The number of rotatable bonds is 2. The van der Waals surface area contributed by atoms with E-state index in [1.165, 1.54) is 6.07 Å². The summed E-state index contributed by atoms with van der Waals surface area (Å²) in [7, 11) is 0. The fourth-order valence-electron chi connectivity index (χ4n) is 2.64. The summed E-state index contributed by atoms with van der Waals surface area (Å²) in [6.45, 7) is 0. The van der Waals surface area contributed by atoms with Gasteiger partial charge in [0.15, 0.2) is 11.4 Å². The number of fused-ring (bicyclic) bond motifs is 1. The van der Waals surface area contributed by atoms with Gasteiger partial charge in [0, 0.05) is 17.3 Å². The average molecular weight is 340 g/mol. The van der Waals surface area contributed by atoms with Crippen molar-refractivity contribution < 1.29 is 8.91 Å². The number of benzene rings is 2. The van der Waals surface area contributed by atoms with E-state index in [4.69, 9.17) is 21.9 Å². The van der Waals surface area contributed by atoms with E-state index in [1.54, 1.807) is 18.3 Å². The van der Waals surface area contributed by atoms with Gasteiger partial charge in [-0.15, -0.1) is 0 Å². The van der Waals surface area contributed by atoms with Crippen molar-refractivity contribution in [2.24, 2.45) is 0 Å². The molecule has 2 heterocycles. The largest absolute Gasteiger partial charge is 0.380 e. The molecule has 24 heavy (non-hydrogen) atoms. The molecular weight excluding hydrogens is 329 g/mol. The highest BCUT2D eigenvalue weighted by atomic mass is 35.5. The lowest BCUT2D eigenvalue weighted by Gasteiger charge is -2.09. The van der Waals surface area contributed by atoms with Crippen molar-refractivity contribution >= 4 is 28.4 Å². The number of hydrogen-bond donors (Lipinski definition) is 1. The third-order valence-corrected chi connectivity index (χ3v) is 4.10. The lowest BCUT2D eigenvalue weighted by Crippen LogP contribution is -1.90. The summed E-state index contributed by atoms with van der Waals surface area (Å²) in [6.07, 6.45) is 1.68. The predicted molar refractivity (Wildman–Crippen MR) is 92.1 cm³/mol. The van der Waals surface area contributed by atoms with Gasteiger partial charge in [0.1, 0.15) is 5.82 Å². The van der Waals surface area contributed by atoms with Crippen molar-refractivity contribution in [3.05, 3.63) is 65.6 Å². The van der Waals surface area contributed by atoms with Crippen LogP contribution in [-0.2, 0) is 0 Å². The second-order valence-electron chi connectivity index (χ2n) is 5.31. The predicted octanol–water partition coefficient (Wildman–Crippen LogP) is 4.93. The van der Waals surface area contributed by atoms with Crippen LogP contribution in [0.4, 0.5) is 10.2 Å². The van der Waals surface area contributed by atoms with E-state index in [0.29, 0.717) is 17.1 Å². The summed E-state index contributed by atoms with van der Waals surface area (Å²) in [4.78, 5) is 4.43. The molecule has 0 fully saturated rings. The van der Waals surface area contributed by atoms with Crippen LogP contribution in [0.5, 0.6) is 0 Å². The smallest absolute Gasteiger partial charge is 0.174 e. The Morgan fingerprint density at radius 3 is 2.71 bits per heavy atom. The molecule has 0 saturated heterocycles. The Morgan fingerprint density at radius 2 is 1.88 bits per heavy atom. The second kappa shape index (κ2) is 5.62. The summed E-state index contributed by atoms with van der Waals surface area (Å²) in [5.41, 5.74) is 9.54. The van der Waals surface area contributed by atoms with Crippen molar-refractivity contribution in [3.63, 3.8) is 0 Å². The molecule has 118 valence electrons. The Labute approximate surface area is 141 Å². The monoisotopic (exact) mass is 339 g/mol. The molecule has 0 aliphatic rings. The summed E-state index contributed by atoms with van der Waals surface area (Å²) in [6, 6.07) is 13.9. The van der Waals surface area contributed by atoms with Gasteiger partial charge < -0.3 is 10.3 Å². The summed E-state index contributed by atoms with van der Waals surface area (Å²) >= 11 is 5.90. The van der Waals surface area contributed by atoms with Crippen LogP contribution in [0.2, 0.25) is 5.02 Å². The van der Waals surface area contributed by atoms with Gasteiger partial charge in [-0.25, -0.2) is 4.39 Å². The van der Waals surface area contributed by atoms with Gasteiger partial charge in [-0.1, -0.05) is 28.9 Å². The molecule has 6 heteroatoms. The average Bonchev–Trinajstić information content (AvgIpc) is 2.98. The van der Waals surface area contributed by atoms with Gasteiger partial charge in [-0.3, -0.25) is 4.98 Å². The summed E-state index contributed by atoms with van der Waals surface area (Å²) in [5.74, 6) is -0.107. The Hall–Kier alpha value is -2.92. The Balaban J connectivity index is 1.90. The van der Waals surface area contributed by atoms with E-state index < -0.39 is 5.82 Å². The quantitative estimate of drug-likeness (QED) is 0.562. The third kappa shape index (κ3) is 2.39. The molecule has 0 aliphatic heterocycles. The van der Waals surface area contributed by atoms with E-state index >= 15 is 0 Å². The van der Waals surface area contributed by atoms with Crippen molar-refractivity contribution in [1.82, 2.24) is 10.1 Å². The molecule has 0 unspecified atom stereocenters. The molecule has 0 aliphatic carbocycles. The maximum absolute atomic E-state index is 13.4. The van der Waals surface area contributed by atoms with E-state index in [0.717, 1.165) is 22.1 Å². The molecule has 4 aromatic rings. The number of halogens is 2. The number of nitrogen functional groups attached to an aromatic ring is 1. The van der Waals surface area contributed by atoms with Crippen LogP contribution in [0.25, 0.3) is 33.4 Å². The van der Waals surface area contributed by atoms with Gasteiger partial charge in [0.2, 0.25) is 0 Å². The molecule has 0 amide bonds. The number of anilines is 1. The highest BCUT2D eigenvalue weighted by Gasteiger charge is 2.13. The Kier molecular flexibility index (Phi) is 3.43. The highest BCUT2D eigenvalue weighted by molar-refractivity contribution is 6.31. The van der Waals surface area contributed by atoms with Gasteiger partial charge in [0.05, 0.1) is 16.1 Å². The first-order chi connectivity index (χ1) is 11.6. The Bertz CT molecular complexity index is 1060. The standard InChI is InChI=1S/C18H11ClFN3O/c19-14-8-11(4-6-15(14)20)17-12(2-1-7-22-17)10-3-5-13-16(9-10)24-23-18(13)21/h1-9H,(H2,21,23). The Morgan fingerprint density at radius 1 is 1.04 bits per heavy atom. The molecular formula is C18H11ClFN3O. The fraction of sp³-hybridized carbons (Fsp3) is 0. The van der Waals surface area contributed by atoms with Gasteiger partial charge in [-0.2, -0.15) is 0 Å². The lowest BCUT2D eigenvalue weighted by atomic mass is 9.98. The zero-order valence-corrected chi connectivity index (χ0v) is 13.1. The lowest BCUT2D eigenvalue weighted by molar-refractivity contribution is 0.460. The van der Waals surface area contributed by atoms with Crippen LogP contribution >= 0.6 is 11.6 Å². The van der Waals surface area contributed by atoms with Crippen LogP contribution in [0, 0.1) is 5.82 Å². The molecule has 0 spiro atoms. The van der Waals surface area contributed by atoms with Crippen molar-refractivity contribution in [1.29, 1.82) is 0 Å². The van der Waals surface area contributed by atoms with Gasteiger partial charge >= 0.3 is 0 Å². The minimum atomic E-state index is -0.462. The maximum atomic E-state index is 13.4. The zero-order valence-electron chi connectivity index (χ0n) is 12.3. The molecule has 4 rings (SSSR count).